The normalized spacial score (nSPS) is 17.4. The lowest BCUT2D eigenvalue weighted by Crippen LogP contribution is -2.52. The molecule has 7 heteroatoms. The smallest absolute Gasteiger partial charge is 0.232 e. The summed E-state index contributed by atoms with van der Waals surface area (Å²) < 4.78 is 5.51. The molecule has 1 amide bonds. The van der Waals surface area contributed by atoms with Crippen molar-refractivity contribution >= 4 is 30.1 Å². The van der Waals surface area contributed by atoms with E-state index in [1.54, 1.807) is 18.0 Å². The van der Waals surface area contributed by atoms with Gasteiger partial charge in [0.25, 0.3) is 0 Å². The Morgan fingerprint density at radius 1 is 1.42 bits per heavy atom. The molecule has 1 unspecified atom stereocenters. The van der Waals surface area contributed by atoms with Gasteiger partial charge in [0, 0.05) is 37.0 Å². The van der Waals surface area contributed by atoms with Crippen LogP contribution < -0.4 is 5.32 Å². The van der Waals surface area contributed by atoms with Crippen LogP contribution in [-0.2, 0) is 10.5 Å². The first kappa shape index (κ1) is 18.8. The second-order valence-corrected chi connectivity index (χ2v) is 6.63. The van der Waals surface area contributed by atoms with Crippen LogP contribution in [0.2, 0.25) is 0 Å². The zero-order valence-corrected chi connectivity index (χ0v) is 15.2. The van der Waals surface area contributed by atoms with Crippen LogP contribution in [-0.4, -0.2) is 47.2 Å². The number of nitrogens with zero attached hydrogens (tertiary/aromatic N) is 2. The van der Waals surface area contributed by atoms with Crippen LogP contribution in [0.1, 0.15) is 12.6 Å². The van der Waals surface area contributed by atoms with Gasteiger partial charge in [0.2, 0.25) is 11.8 Å². The average molecular weight is 368 g/mol. The van der Waals surface area contributed by atoms with E-state index in [1.165, 1.54) is 0 Å². The van der Waals surface area contributed by atoms with Crippen molar-refractivity contribution in [2.24, 2.45) is 0 Å². The van der Waals surface area contributed by atoms with Crippen molar-refractivity contribution in [1.82, 2.24) is 15.2 Å². The maximum atomic E-state index is 12.3. The van der Waals surface area contributed by atoms with Gasteiger partial charge >= 0.3 is 0 Å². The average Bonchev–Trinajstić information content (AvgIpc) is 3.05. The van der Waals surface area contributed by atoms with Crippen molar-refractivity contribution < 1.29 is 9.21 Å². The number of halogens is 1. The SMILES string of the molecule is CC1CNCCN1C(=O)CSCc1coc(-c2ccccc2)n1.Cl. The molecule has 1 aromatic heterocycles. The monoisotopic (exact) mass is 367 g/mol. The zero-order valence-electron chi connectivity index (χ0n) is 13.6. The van der Waals surface area contributed by atoms with Crippen molar-refractivity contribution in [3.63, 3.8) is 0 Å². The summed E-state index contributed by atoms with van der Waals surface area (Å²) in [4.78, 5) is 18.7. The number of carbonyl (C=O) groups excluding carboxylic acids is 1. The second-order valence-electron chi connectivity index (χ2n) is 5.64. The van der Waals surface area contributed by atoms with E-state index in [4.69, 9.17) is 4.42 Å². The first-order valence-electron chi connectivity index (χ1n) is 7.82. The van der Waals surface area contributed by atoms with Crippen LogP contribution >= 0.6 is 24.2 Å². The number of rotatable bonds is 5. The van der Waals surface area contributed by atoms with Gasteiger partial charge < -0.3 is 14.6 Å². The summed E-state index contributed by atoms with van der Waals surface area (Å²) in [6.07, 6.45) is 1.67. The molecule has 1 aromatic carbocycles. The Hall–Kier alpha value is -1.50. The molecule has 0 spiro atoms. The lowest BCUT2D eigenvalue weighted by molar-refractivity contribution is -0.131. The van der Waals surface area contributed by atoms with Crippen molar-refractivity contribution in [2.45, 2.75) is 18.7 Å². The van der Waals surface area contributed by atoms with Crippen molar-refractivity contribution in [2.75, 3.05) is 25.4 Å². The molecule has 1 N–H and O–H groups in total. The Balaban J connectivity index is 0.00000208. The van der Waals surface area contributed by atoms with Gasteiger partial charge in [-0.15, -0.1) is 24.2 Å². The number of oxazole rings is 1. The molecular formula is C17H22ClN3O2S. The third kappa shape index (κ3) is 4.75. The molecule has 1 saturated heterocycles. The summed E-state index contributed by atoms with van der Waals surface area (Å²) in [7, 11) is 0. The molecule has 24 heavy (non-hydrogen) atoms. The lowest BCUT2D eigenvalue weighted by Gasteiger charge is -2.33. The lowest BCUT2D eigenvalue weighted by atomic mass is 10.2. The van der Waals surface area contributed by atoms with Gasteiger partial charge in [-0.1, -0.05) is 18.2 Å². The summed E-state index contributed by atoms with van der Waals surface area (Å²) in [5, 5.41) is 3.30. The number of amides is 1. The fourth-order valence-electron chi connectivity index (χ4n) is 2.62. The molecule has 2 heterocycles. The van der Waals surface area contributed by atoms with E-state index < -0.39 is 0 Å². The third-order valence-electron chi connectivity index (χ3n) is 3.87. The Morgan fingerprint density at radius 3 is 2.96 bits per heavy atom. The highest BCUT2D eigenvalue weighted by atomic mass is 35.5. The molecule has 0 saturated carbocycles. The number of thioether (sulfide) groups is 1. The molecule has 5 nitrogen and oxygen atoms in total. The molecule has 1 atom stereocenters. The largest absolute Gasteiger partial charge is 0.444 e. The molecule has 2 aromatic rings. The van der Waals surface area contributed by atoms with Gasteiger partial charge in [-0.25, -0.2) is 4.98 Å². The summed E-state index contributed by atoms with van der Waals surface area (Å²) in [5.41, 5.74) is 1.84. The molecule has 0 radical (unpaired) electrons. The van der Waals surface area contributed by atoms with E-state index in [-0.39, 0.29) is 24.4 Å². The Morgan fingerprint density at radius 2 is 2.21 bits per heavy atom. The van der Waals surface area contributed by atoms with E-state index in [1.807, 2.05) is 35.2 Å². The van der Waals surface area contributed by atoms with Gasteiger partial charge in [-0.05, 0) is 19.1 Å². The standard InChI is InChI=1S/C17H21N3O2S.ClH/c1-13-9-18-7-8-20(13)16(21)12-23-11-15-10-22-17(19-15)14-5-3-2-4-6-14;/h2-6,10,13,18H,7-9,11-12H2,1H3;1H. The molecule has 1 aliphatic heterocycles. The van der Waals surface area contributed by atoms with Crippen LogP contribution in [0.25, 0.3) is 11.5 Å². The van der Waals surface area contributed by atoms with Crippen molar-refractivity contribution in [3.8, 4) is 11.5 Å². The van der Waals surface area contributed by atoms with E-state index in [0.717, 1.165) is 30.9 Å². The predicted molar refractivity (Wildman–Crippen MR) is 99.4 cm³/mol. The molecule has 130 valence electrons. The first-order valence-corrected chi connectivity index (χ1v) is 8.97. The molecule has 1 fully saturated rings. The van der Waals surface area contributed by atoms with Crippen molar-refractivity contribution in [3.05, 3.63) is 42.3 Å². The minimum Gasteiger partial charge on any atom is -0.444 e. The minimum absolute atomic E-state index is 0. The highest BCUT2D eigenvalue weighted by Gasteiger charge is 2.22. The van der Waals surface area contributed by atoms with Crippen LogP contribution in [0.4, 0.5) is 0 Å². The fourth-order valence-corrected chi connectivity index (χ4v) is 3.41. The zero-order chi connectivity index (χ0) is 16.1. The van der Waals surface area contributed by atoms with Crippen LogP contribution in [0.15, 0.2) is 41.0 Å². The number of nitrogens with one attached hydrogen (secondary N) is 1. The number of hydrogen-bond acceptors (Lipinski definition) is 5. The van der Waals surface area contributed by atoms with E-state index in [9.17, 15) is 4.79 Å². The molecular weight excluding hydrogens is 346 g/mol. The van der Waals surface area contributed by atoms with Gasteiger partial charge in [-0.2, -0.15) is 0 Å². The number of benzene rings is 1. The van der Waals surface area contributed by atoms with E-state index >= 15 is 0 Å². The third-order valence-corrected chi connectivity index (χ3v) is 4.82. The number of carbonyl (C=O) groups is 1. The van der Waals surface area contributed by atoms with E-state index in [0.29, 0.717) is 17.4 Å². The topological polar surface area (TPSA) is 58.4 Å². The van der Waals surface area contributed by atoms with Crippen LogP contribution in [0, 0.1) is 0 Å². The van der Waals surface area contributed by atoms with Gasteiger partial charge in [0.1, 0.15) is 6.26 Å². The Kier molecular flexibility index (Phi) is 7.15. The Labute approximate surface area is 152 Å². The number of hydrogen-bond donors (Lipinski definition) is 1. The molecule has 1 aliphatic rings. The summed E-state index contributed by atoms with van der Waals surface area (Å²) in [5.74, 6) is 2.00. The van der Waals surface area contributed by atoms with Gasteiger partial charge in [0.15, 0.2) is 0 Å². The van der Waals surface area contributed by atoms with Crippen LogP contribution in [0.5, 0.6) is 0 Å². The quantitative estimate of drug-likeness (QED) is 0.880. The number of aromatic nitrogens is 1. The first-order chi connectivity index (χ1) is 11.2. The summed E-state index contributed by atoms with van der Waals surface area (Å²) in [6.45, 7) is 4.63. The maximum absolute atomic E-state index is 12.3. The summed E-state index contributed by atoms with van der Waals surface area (Å²) in [6, 6.07) is 10.1. The van der Waals surface area contributed by atoms with Gasteiger partial charge in [0.05, 0.1) is 11.4 Å². The predicted octanol–water partition coefficient (Wildman–Crippen LogP) is 2.82. The second kappa shape index (κ2) is 9.11. The maximum Gasteiger partial charge on any atom is 0.232 e. The van der Waals surface area contributed by atoms with Crippen LogP contribution in [0.3, 0.4) is 0 Å². The summed E-state index contributed by atoms with van der Waals surface area (Å²) >= 11 is 1.58. The highest BCUT2D eigenvalue weighted by Crippen LogP contribution is 2.20. The molecule has 0 bridgehead atoms. The fraction of sp³-hybridized carbons (Fsp3) is 0.412. The molecule has 3 rings (SSSR count). The minimum atomic E-state index is 0. The highest BCUT2D eigenvalue weighted by molar-refractivity contribution is 7.99. The van der Waals surface area contributed by atoms with Crippen molar-refractivity contribution in [1.29, 1.82) is 0 Å². The van der Waals surface area contributed by atoms with E-state index in [2.05, 4.69) is 17.2 Å². The molecule has 0 aliphatic carbocycles. The van der Waals surface area contributed by atoms with Gasteiger partial charge in [-0.3, -0.25) is 4.79 Å². The number of piperazine rings is 1. The Bertz CT molecular complexity index is 650.